The Morgan fingerprint density at radius 2 is 2.22 bits per heavy atom. The molecule has 0 fully saturated rings. The first-order valence-electron chi connectivity index (χ1n) is 5.62. The van der Waals surface area contributed by atoms with Crippen LogP contribution in [-0.2, 0) is 6.54 Å². The first kappa shape index (κ1) is 14.9. The Bertz CT molecular complexity index is 471. The Hall–Kier alpha value is -1.11. The van der Waals surface area contributed by atoms with Gasteiger partial charge in [-0.15, -0.1) is 0 Å². The molecule has 3 N–H and O–H groups in total. The van der Waals surface area contributed by atoms with Crippen molar-refractivity contribution in [2.45, 2.75) is 39.0 Å². The third-order valence-electron chi connectivity index (χ3n) is 2.80. The Morgan fingerprint density at radius 3 is 2.72 bits per heavy atom. The van der Waals surface area contributed by atoms with Gasteiger partial charge in [-0.05, 0) is 20.8 Å². The molecule has 7 heteroatoms. The second kappa shape index (κ2) is 5.69. The smallest absolute Gasteiger partial charge is 0.287 e. The molecule has 1 atom stereocenters. The third-order valence-corrected chi connectivity index (χ3v) is 3.16. The molecule has 1 aromatic heterocycles. The van der Waals surface area contributed by atoms with Crippen molar-refractivity contribution in [2.75, 3.05) is 11.9 Å². The van der Waals surface area contributed by atoms with Crippen LogP contribution in [0, 0.1) is 0 Å². The number of nitrogens with one attached hydrogen (secondary N) is 1. The zero-order valence-electron chi connectivity index (χ0n) is 10.6. The van der Waals surface area contributed by atoms with Gasteiger partial charge in [-0.1, -0.05) is 11.6 Å². The van der Waals surface area contributed by atoms with Crippen molar-refractivity contribution in [1.82, 2.24) is 9.78 Å². The zero-order chi connectivity index (χ0) is 13.9. The number of anilines is 1. The lowest BCUT2D eigenvalue weighted by atomic mass is 9.98. The minimum atomic E-state index is -0.638. The fraction of sp³-hybridized carbons (Fsp3) is 0.636. The fourth-order valence-corrected chi connectivity index (χ4v) is 1.45. The Labute approximate surface area is 110 Å². The summed E-state index contributed by atoms with van der Waals surface area (Å²) in [5.74, 6) is 0. The SMILES string of the molecule is CC(O)C(C)(C)Nc1cnn(CCO)c(=O)c1Cl. The zero-order valence-corrected chi connectivity index (χ0v) is 11.4. The largest absolute Gasteiger partial charge is 0.394 e. The molecular weight excluding hydrogens is 258 g/mol. The molecule has 0 bridgehead atoms. The van der Waals surface area contributed by atoms with Gasteiger partial charge in [-0.25, -0.2) is 4.68 Å². The van der Waals surface area contributed by atoms with E-state index < -0.39 is 17.2 Å². The number of aliphatic hydroxyl groups excluding tert-OH is 2. The number of rotatable bonds is 5. The molecule has 102 valence electrons. The summed E-state index contributed by atoms with van der Waals surface area (Å²) in [6.07, 6.45) is 0.775. The van der Waals surface area contributed by atoms with E-state index in [2.05, 4.69) is 10.4 Å². The van der Waals surface area contributed by atoms with Crippen LogP contribution in [0.5, 0.6) is 0 Å². The predicted octanol–water partition coefficient (Wildman–Crippen LogP) is 0.460. The number of aromatic nitrogens is 2. The summed E-state index contributed by atoms with van der Waals surface area (Å²) >= 11 is 5.95. The first-order chi connectivity index (χ1) is 8.29. The van der Waals surface area contributed by atoms with Crippen molar-refractivity contribution in [3.8, 4) is 0 Å². The molecule has 1 aromatic rings. The molecule has 1 heterocycles. The molecule has 0 amide bonds. The Kier molecular flexibility index (Phi) is 4.72. The summed E-state index contributed by atoms with van der Waals surface area (Å²) in [6.45, 7) is 5.12. The Morgan fingerprint density at radius 1 is 1.61 bits per heavy atom. The lowest BCUT2D eigenvalue weighted by Crippen LogP contribution is -2.42. The highest BCUT2D eigenvalue weighted by molar-refractivity contribution is 6.32. The number of hydrogen-bond acceptors (Lipinski definition) is 5. The summed E-state index contributed by atoms with van der Waals surface area (Å²) in [7, 11) is 0. The maximum atomic E-state index is 11.8. The van der Waals surface area contributed by atoms with Gasteiger partial charge in [0.05, 0.1) is 36.7 Å². The van der Waals surface area contributed by atoms with Gasteiger partial charge in [0, 0.05) is 0 Å². The van der Waals surface area contributed by atoms with Crippen LogP contribution in [0.15, 0.2) is 11.0 Å². The first-order valence-corrected chi connectivity index (χ1v) is 6.00. The van der Waals surface area contributed by atoms with Gasteiger partial charge in [0.2, 0.25) is 0 Å². The van der Waals surface area contributed by atoms with Gasteiger partial charge in [0.15, 0.2) is 0 Å². The average Bonchev–Trinajstić information content (AvgIpc) is 2.28. The second-order valence-electron chi connectivity index (χ2n) is 4.65. The molecule has 18 heavy (non-hydrogen) atoms. The number of halogens is 1. The molecule has 1 rings (SSSR count). The van der Waals surface area contributed by atoms with Crippen LogP contribution in [-0.4, -0.2) is 38.2 Å². The van der Waals surface area contributed by atoms with Gasteiger partial charge >= 0.3 is 0 Å². The third kappa shape index (κ3) is 3.22. The molecule has 0 radical (unpaired) electrons. The van der Waals surface area contributed by atoms with Crippen LogP contribution >= 0.6 is 11.6 Å². The summed E-state index contributed by atoms with van der Waals surface area (Å²) in [5, 5.41) is 25.2. The van der Waals surface area contributed by atoms with Crippen molar-refractivity contribution in [1.29, 1.82) is 0 Å². The summed E-state index contributed by atoms with van der Waals surface area (Å²) < 4.78 is 1.09. The molecular formula is C11H18ClN3O3. The maximum Gasteiger partial charge on any atom is 0.287 e. The van der Waals surface area contributed by atoms with Crippen LogP contribution in [0.4, 0.5) is 5.69 Å². The Balaban J connectivity index is 3.06. The van der Waals surface area contributed by atoms with E-state index in [9.17, 15) is 9.90 Å². The molecule has 0 aliphatic heterocycles. The highest BCUT2D eigenvalue weighted by Crippen LogP contribution is 2.22. The van der Waals surface area contributed by atoms with Gasteiger partial charge in [-0.2, -0.15) is 5.10 Å². The van der Waals surface area contributed by atoms with Crippen molar-refractivity contribution in [3.63, 3.8) is 0 Å². The van der Waals surface area contributed by atoms with E-state index in [4.69, 9.17) is 16.7 Å². The van der Waals surface area contributed by atoms with Crippen molar-refractivity contribution < 1.29 is 10.2 Å². The average molecular weight is 276 g/mol. The summed E-state index contributed by atoms with van der Waals surface area (Å²) in [5.41, 5.74) is -0.750. The van der Waals surface area contributed by atoms with E-state index in [0.29, 0.717) is 5.69 Å². The topological polar surface area (TPSA) is 87.4 Å². The van der Waals surface area contributed by atoms with Crippen molar-refractivity contribution in [3.05, 3.63) is 21.6 Å². The van der Waals surface area contributed by atoms with Crippen LogP contribution in [0.2, 0.25) is 5.02 Å². The molecule has 0 spiro atoms. The van der Waals surface area contributed by atoms with E-state index in [0.717, 1.165) is 4.68 Å². The fourth-order valence-electron chi connectivity index (χ4n) is 1.26. The lowest BCUT2D eigenvalue weighted by Gasteiger charge is -2.30. The standard InChI is InChI=1S/C11H18ClN3O3/c1-7(17)11(2,3)14-8-6-13-15(4-5-16)10(18)9(8)12/h6-7,14,16-17H,4-5H2,1-3H3. The molecule has 0 saturated heterocycles. The van der Waals surface area contributed by atoms with Gasteiger partial charge in [0.25, 0.3) is 5.56 Å². The number of aliphatic hydroxyl groups is 2. The van der Waals surface area contributed by atoms with Crippen LogP contribution < -0.4 is 10.9 Å². The van der Waals surface area contributed by atoms with E-state index in [-0.39, 0.29) is 18.2 Å². The van der Waals surface area contributed by atoms with Gasteiger partial charge in [0.1, 0.15) is 5.02 Å². The van der Waals surface area contributed by atoms with E-state index in [1.807, 2.05) is 0 Å². The van der Waals surface area contributed by atoms with E-state index in [1.54, 1.807) is 20.8 Å². The van der Waals surface area contributed by atoms with Crippen LogP contribution in [0.3, 0.4) is 0 Å². The molecule has 0 aromatic carbocycles. The highest BCUT2D eigenvalue weighted by Gasteiger charge is 2.25. The van der Waals surface area contributed by atoms with E-state index >= 15 is 0 Å². The number of nitrogens with zero attached hydrogens (tertiary/aromatic N) is 2. The van der Waals surface area contributed by atoms with Crippen LogP contribution in [0.25, 0.3) is 0 Å². The summed E-state index contributed by atoms with van der Waals surface area (Å²) in [4.78, 5) is 11.8. The van der Waals surface area contributed by atoms with Gasteiger partial charge in [-0.3, -0.25) is 4.79 Å². The highest BCUT2D eigenvalue weighted by atomic mass is 35.5. The second-order valence-corrected chi connectivity index (χ2v) is 5.02. The minimum absolute atomic E-state index is 0.00725. The predicted molar refractivity (Wildman–Crippen MR) is 70.0 cm³/mol. The number of hydrogen-bond donors (Lipinski definition) is 3. The molecule has 1 unspecified atom stereocenters. The molecule has 0 aliphatic rings. The van der Waals surface area contributed by atoms with Crippen molar-refractivity contribution in [2.24, 2.45) is 0 Å². The van der Waals surface area contributed by atoms with Crippen molar-refractivity contribution >= 4 is 17.3 Å². The quantitative estimate of drug-likeness (QED) is 0.727. The molecule has 6 nitrogen and oxygen atoms in total. The van der Waals surface area contributed by atoms with Gasteiger partial charge < -0.3 is 15.5 Å². The monoisotopic (exact) mass is 275 g/mol. The minimum Gasteiger partial charge on any atom is -0.394 e. The molecule has 0 saturated carbocycles. The molecule has 0 aliphatic carbocycles. The summed E-state index contributed by atoms with van der Waals surface area (Å²) in [6, 6.07) is 0. The normalized spacial score (nSPS) is 13.4. The van der Waals surface area contributed by atoms with E-state index in [1.165, 1.54) is 6.20 Å². The van der Waals surface area contributed by atoms with Crippen LogP contribution in [0.1, 0.15) is 20.8 Å². The maximum absolute atomic E-state index is 11.8. The lowest BCUT2D eigenvalue weighted by molar-refractivity contribution is 0.133.